The summed E-state index contributed by atoms with van der Waals surface area (Å²) in [5, 5.41) is 0.323. The van der Waals surface area contributed by atoms with Crippen LogP contribution in [0.3, 0.4) is 0 Å². The van der Waals surface area contributed by atoms with Crippen molar-refractivity contribution in [2.75, 3.05) is 11.4 Å². The number of hydrogen-bond acceptors (Lipinski definition) is 1. The maximum Gasteiger partial charge on any atom is 0.405 e. The fourth-order valence-electron chi connectivity index (χ4n) is 1.96. The summed E-state index contributed by atoms with van der Waals surface area (Å²) in [5.74, 6) is 0.150. The summed E-state index contributed by atoms with van der Waals surface area (Å²) in [4.78, 5) is 1.33. The molecule has 1 fully saturated rings. The number of halogens is 5. The Morgan fingerprint density at radius 1 is 1.28 bits per heavy atom. The molecule has 0 unspecified atom stereocenters. The van der Waals surface area contributed by atoms with Gasteiger partial charge in [0.15, 0.2) is 0 Å². The van der Waals surface area contributed by atoms with E-state index in [9.17, 15) is 13.2 Å². The molecule has 0 saturated heterocycles. The van der Waals surface area contributed by atoms with Gasteiger partial charge in [-0.25, -0.2) is 0 Å². The molecule has 0 aliphatic heterocycles. The van der Waals surface area contributed by atoms with Gasteiger partial charge in [0.2, 0.25) is 0 Å². The molecule has 0 spiro atoms. The van der Waals surface area contributed by atoms with E-state index in [0.29, 0.717) is 16.3 Å². The summed E-state index contributed by atoms with van der Waals surface area (Å²) < 4.78 is 37.9. The van der Waals surface area contributed by atoms with Gasteiger partial charge in [-0.1, -0.05) is 23.7 Å². The molecule has 1 saturated carbocycles. The molecule has 0 amide bonds. The van der Waals surface area contributed by atoms with E-state index >= 15 is 0 Å². The van der Waals surface area contributed by atoms with Gasteiger partial charge in [-0.15, -0.1) is 11.6 Å². The van der Waals surface area contributed by atoms with Crippen LogP contribution in [0.4, 0.5) is 18.9 Å². The quantitative estimate of drug-likeness (QED) is 0.734. The van der Waals surface area contributed by atoms with Gasteiger partial charge in [0.25, 0.3) is 0 Å². The van der Waals surface area contributed by atoms with E-state index in [1.165, 1.54) is 4.90 Å². The van der Waals surface area contributed by atoms with Crippen LogP contribution in [0.1, 0.15) is 18.4 Å². The Balaban J connectivity index is 2.36. The maximum absolute atomic E-state index is 12.6. The van der Waals surface area contributed by atoms with Crippen molar-refractivity contribution in [2.24, 2.45) is 0 Å². The Kier molecular flexibility index (Phi) is 3.97. The van der Waals surface area contributed by atoms with E-state index in [2.05, 4.69) is 0 Å². The Morgan fingerprint density at radius 3 is 2.44 bits per heavy atom. The van der Waals surface area contributed by atoms with Gasteiger partial charge in [-0.05, 0) is 24.5 Å². The molecule has 1 aliphatic carbocycles. The standard InChI is InChI=1S/C12H12Cl2F3N/c13-6-8-2-1-3-10(14)11(8)18(9-4-5-9)7-12(15,16)17/h1-3,9H,4-7H2. The van der Waals surface area contributed by atoms with Gasteiger partial charge >= 0.3 is 6.18 Å². The third kappa shape index (κ3) is 3.23. The zero-order chi connectivity index (χ0) is 13.3. The highest BCUT2D eigenvalue weighted by Gasteiger charge is 2.39. The number of hydrogen-bond donors (Lipinski definition) is 0. The van der Waals surface area contributed by atoms with Crippen LogP contribution in [0.5, 0.6) is 0 Å². The molecule has 0 aromatic heterocycles. The number of nitrogens with zero attached hydrogens (tertiary/aromatic N) is 1. The second-order valence-electron chi connectivity index (χ2n) is 4.36. The molecule has 1 aliphatic rings. The third-order valence-corrected chi connectivity index (χ3v) is 3.43. The summed E-state index contributed by atoms with van der Waals surface area (Å²) in [6, 6.07) is 4.93. The van der Waals surface area contributed by atoms with Crippen LogP contribution < -0.4 is 4.90 Å². The van der Waals surface area contributed by atoms with E-state index < -0.39 is 12.7 Å². The van der Waals surface area contributed by atoms with Crippen molar-refractivity contribution in [1.82, 2.24) is 0 Å². The van der Waals surface area contributed by atoms with Crippen molar-refractivity contribution in [3.8, 4) is 0 Å². The smallest absolute Gasteiger partial charge is 0.358 e. The monoisotopic (exact) mass is 297 g/mol. The SMILES string of the molecule is FC(F)(F)CN(c1c(Cl)cccc1CCl)C1CC1. The highest BCUT2D eigenvalue weighted by atomic mass is 35.5. The van der Waals surface area contributed by atoms with Crippen molar-refractivity contribution in [3.63, 3.8) is 0 Å². The summed E-state index contributed by atoms with van der Waals surface area (Å²) in [7, 11) is 0. The lowest BCUT2D eigenvalue weighted by atomic mass is 10.1. The third-order valence-electron chi connectivity index (χ3n) is 2.84. The summed E-state index contributed by atoms with van der Waals surface area (Å²) >= 11 is 11.8. The minimum Gasteiger partial charge on any atom is -0.358 e. The van der Waals surface area contributed by atoms with Crippen LogP contribution in [0.15, 0.2) is 18.2 Å². The van der Waals surface area contributed by atoms with Gasteiger partial charge in [0.05, 0.1) is 10.7 Å². The van der Waals surface area contributed by atoms with E-state index in [1.54, 1.807) is 18.2 Å². The molecule has 1 nitrogen and oxygen atoms in total. The highest BCUT2D eigenvalue weighted by molar-refractivity contribution is 6.33. The normalized spacial score (nSPS) is 15.8. The van der Waals surface area contributed by atoms with Gasteiger partial charge in [0, 0.05) is 11.9 Å². The van der Waals surface area contributed by atoms with Crippen molar-refractivity contribution in [3.05, 3.63) is 28.8 Å². The second-order valence-corrected chi connectivity index (χ2v) is 5.03. The Hall–Kier alpha value is -0.610. The summed E-state index contributed by atoms with van der Waals surface area (Å²) in [6.07, 6.45) is -2.71. The number of anilines is 1. The molecule has 100 valence electrons. The zero-order valence-corrected chi connectivity index (χ0v) is 11.0. The minimum atomic E-state index is -4.24. The lowest BCUT2D eigenvalue weighted by Crippen LogP contribution is -2.36. The van der Waals surface area contributed by atoms with Gasteiger partial charge in [-0.2, -0.15) is 13.2 Å². The first kappa shape index (κ1) is 13.8. The van der Waals surface area contributed by atoms with Crippen molar-refractivity contribution in [2.45, 2.75) is 30.9 Å². The molecule has 0 bridgehead atoms. The lowest BCUT2D eigenvalue weighted by Gasteiger charge is -2.28. The molecule has 0 radical (unpaired) electrons. The first-order chi connectivity index (χ1) is 8.42. The van der Waals surface area contributed by atoms with Crippen LogP contribution in [-0.2, 0) is 5.88 Å². The molecule has 1 aromatic carbocycles. The van der Waals surface area contributed by atoms with Crippen molar-refractivity contribution < 1.29 is 13.2 Å². The first-order valence-electron chi connectivity index (χ1n) is 5.59. The molecule has 6 heteroatoms. The van der Waals surface area contributed by atoms with Crippen molar-refractivity contribution in [1.29, 1.82) is 0 Å². The Labute approximate surface area is 113 Å². The molecule has 0 atom stereocenters. The number of rotatable bonds is 4. The predicted octanol–water partition coefficient (Wildman–Crippen LogP) is 4.61. The summed E-state index contributed by atoms with van der Waals surface area (Å²) in [6.45, 7) is -0.981. The predicted molar refractivity (Wildman–Crippen MR) is 67.4 cm³/mol. The largest absolute Gasteiger partial charge is 0.405 e. The number of alkyl halides is 4. The minimum absolute atomic E-state index is 0.0755. The number of benzene rings is 1. The topological polar surface area (TPSA) is 3.24 Å². The first-order valence-corrected chi connectivity index (χ1v) is 6.50. The van der Waals surface area contributed by atoms with Gasteiger partial charge in [-0.3, -0.25) is 0 Å². The lowest BCUT2D eigenvalue weighted by molar-refractivity contribution is -0.120. The van der Waals surface area contributed by atoms with Crippen LogP contribution in [0, 0.1) is 0 Å². The zero-order valence-electron chi connectivity index (χ0n) is 9.47. The summed E-state index contributed by atoms with van der Waals surface area (Å²) in [5.41, 5.74) is 1.06. The molecule has 1 aromatic rings. The van der Waals surface area contributed by atoms with Gasteiger partial charge < -0.3 is 4.90 Å². The van der Waals surface area contributed by atoms with E-state index in [-0.39, 0.29) is 11.9 Å². The van der Waals surface area contributed by atoms with E-state index in [1.807, 2.05) is 0 Å². The molecular formula is C12H12Cl2F3N. The average molecular weight is 298 g/mol. The fraction of sp³-hybridized carbons (Fsp3) is 0.500. The maximum atomic E-state index is 12.6. The molecule has 0 heterocycles. The van der Waals surface area contributed by atoms with Gasteiger partial charge in [0.1, 0.15) is 6.54 Å². The molecule has 0 N–H and O–H groups in total. The highest BCUT2D eigenvalue weighted by Crippen LogP contribution is 2.40. The molecule has 2 rings (SSSR count). The van der Waals surface area contributed by atoms with Crippen LogP contribution >= 0.6 is 23.2 Å². The second kappa shape index (κ2) is 5.17. The Bertz CT molecular complexity index is 430. The van der Waals surface area contributed by atoms with E-state index in [0.717, 1.165) is 12.8 Å². The van der Waals surface area contributed by atoms with Crippen molar-refractivity contribution >= 4 is 28.9 Å². The van der Waals surface area contributed by atoms with Crippen LogP contribution in [0.25, 0.3) is 0 Å². The van der Waals surface area contributed by atoms with Crippen LogP contribution in [-0.4, -0.2) is 18.8 Å². The molecular weight excluding hydrogens is 286 g/mol. The van der Waals surface area contributed by atoms with E-state index in [4.69, 9.17) is 23.2 Å². The Morgan fingerprint density at radius 2 is 1.94 bits per heavy atom. The fourth-order valence-corrected chi connectivity index (χ4v) is 2.48. The average Bonchev–Trinajstić information content (AvgIpc) is 3.08. The number of para-hydroxylation sites is 1. The van der Waals surface area contributed by atoms with Crippen LogP contribution in [0.2, 0.25) is 5.02 Å². The molecule has 18 heavy (non-hydrogen) atoms.